The van der Waals surface area contributed by atoms with Gasteiger partial charge in [-0.05, 0) is 32.1 Å². The molecule has 0 aromatic carbocycles. The maximum absolute atomic E-state index is 9.64. The van der Waals surface area contributed by atoms with Crippen LogP contribution in [0.2, 0.25) is 0 Å². The quantitative estimate of drug-likeness (QED) is 0.302. The molecule has 0 aliphatic heterocycles. The number of rotatable bonds is 11. The summed E-state index contributed by atoms with van der Waals surface area (Å²) in [7, 11) is -0.578. The summed E-state index contributed by atoms with van der Waals surface area (Å²) in [6.45, 7) is 8.49. The summed E-state index contributed by atoms with van der Waals surface area (Å²) >= 11 is 0. The Hall–Kier alpha value is -1.47. The molecule has 174 valence electrons. The monoisotopic (exact) mass is 444 g/mol. The maximum atomic E-state index is 9.64. The van der Waals surface area contributed by atoms with E-state index in [1.54, 1.807) is 6.92 Å². The molecule has 0 amide bonds. The van der Waals surface area contributed by atoms with Gasteiger partial charge < -0.3 is 18.9 Å². The third kappa shape index (κ3) is 17.4. The van der Waals surface area contributed by atoms with Gasteiger partial charge in [-0.15, -0.1) is 0 Å². The second-order valence-electron chi connectivity index (χ2n) is 7.33. The van der Waals surface area contributed by atoms with Gasteiger partial charge in [-0.25, -0.2) is 18.3 Å². The van der Waals surface area contributed by atoms with E-state index in [2.05, 4.69) is 88.2 Å². The van der Waals surface area contributed by atoms with E-state index in [-0.39, 0.29) is 6.61 Å². The Bertz CT molecular complexity index is 650. The lowest BCUT2D eigenvalue weighted by molar-refractivity contribution is -0.671. The van der Waals surface area contributed by atoms with Gasteiger partial charge in [-0.3, -0.25) is 0 Å². The van der Waals surface area contributed by atoms with Crippen LogP contribution in [0.15, 0.2) is 37.4 Å². The Kier molecular flexibility index (Phi) is 16.4. The molecule has 0 unspecified atom stereocenters. The number of aromatic nitrogens is 4. The fourth-order valence-electron chi connectivity index (χ4n) is 2.56. The first-order chi connectivity index (χ1) is 14.2. The molecule has 0 aliphatic carbocycles. The summed E-state index contributed by atoms with van der Waals surface area (Å²) in [6.07, 6.45) is 21.0. The molecule has 0 saturated heterocycles. The molecule has 9 heteroatoms. The number of nitrogens with zero attached hydrogens (tertiary/aromatic N) is 4. The highest BCUT2D eigenvalue weighted by Crippen LogP contribution is 2.23. The van der Waals surface area contributed by atoms with Crippen LogP contribution in [-0.2, 0) is 36.3 Å². The second-order valence-corrected chi connectivity index (χ2v) is 8.48. The maximum Gasteiger partial charge on any atom is 0.243 e. The molecule has 0 bridgehead atoms. The predicted molar refractivity (Wildman–Crippen MR) is 114 cm³/mol. The molecule has 2 aromatic heterocycles. The number of hydrogen-bond acceptors (Lipinski definition) is 4. The standard InChI is InChI=1S/2C9H17N2.C3H9O4P/c2*1-3-4-5-6-11-8-7-10(2)9-11;1-2-3-7-8(4,5)6/h2*7-9H,3-6H2,1-2H3;2-3H2,1H3,(H2,4,5,6)/q2*+1;/p-2. The average Bonchev–Trinajstić information content (AvgIpc) is 3.29. The highest BCUT2D eigenvalue weighted by atomic mass is 31.2. The van der Waals surface area contributed by atoms with Crippen LogP contribution in [0, 0.1) is 0 Å². The molecule has 0 N–H and O–H groups in total. The summed E-state index contributed by atoms with van der Waals surface area (Å²) in [5.74, 6) is 0. The lowest BCUT2D eigenvalue weighted by Gasteiger charge is -2.28. The molecule has 0 aliphatic rings. The third-order valence-electron chi connectivity index (χ3n) is 4.14. The van der Waals surface area contributed by atoms with Crippen molar-refractivity contribution in [1.29, 1.82) is 0 Å². The van der Waals surface area contributed by atoms with Crippen molar-refractivity contribution in [1.82, 2.24) is 9.13 Å². The van der Waals surface area contributed by atoms with E-state index in [0.29, 0.717) is 6.42 Å². The molecular weight excluding hydrogens is 403 g/mol. The Balaban J connectivity index is 0.000000428. The Labute approximate surface area is 182 Å². The first kappa shape index (κ1) is 28.5. The molecule has 0 fully saturated rings. The minimum Gasteiger partial charge on any atom is -0.790 e. The van der Waals surface area contributed by atoms with Gasteiger partial charge >= 0.3 is 0 Å². The van der Waals surface area contributed by atoms with Crippen molar-refractivity contribution < 1.29 is 28.0 Å². The number of aryl methyl sites for hydroxylation is 4. The summed E-state index contributed by atoms with van der Waals surface area (Å²) in [6, 6.07) is 0. The van der Waals surface area contributed by atoms with Crippen molar-refractivity contribution >= 4 is 7.82 Å². The molecule has 2 aromatic rings. The van der Waals surface area contributed by atoms with Crippen LogP contribution in [-0.4, -0.2) is 15.7 Å². The SMILES string of the molecule is CCCCCn1cc[n+](C)c1.CCCCCn1cc[n+](C)c1.CCCOP(=O)([O-])[O-]. The first-order valence-corrected chi connectivity index (χ1v) is 12.4. The number of imidazole rings is 2. The van der Waals surface area contributed by atoms with Gasteiger partial charge in [0.05, 0.1) is 41.6 Å². The van der Waals surface area contributed by atoms with Crippen molar-refractivity contribution in [2.24, 2.45) is 14.1 Å². The van der Waals surface area contributed by atoms with Crippen LogP contribution in [0.3, 0.4) is 0 Å². The Morgan fingerprint density at radius 1 is 0.800 bits per heavy atom. The largest absolute Gasteiger partial charge is 0.790 e. The van der Waals surface area contributed by atoms with E-state index in [9.17, 15) is 14.4 Å². The molecule has 0 spiro atoms. The van der Waals surface area contributed by atoms with E-state index in [1.165, 1.54) is 38.5 Å². The van der Waals surface area contributed by atoms with Gasteiger partial charge in [0, 0.05) is 0 Å². The number of unbranched alkanes of at least 4 members (excludes halogenated alkanes) is 4. The second kappa shape index (κ2) is 17.2. The first-order valence-electron chi connectivity index (χ1n) is 10.9. The Morgan fingerprint density at radius 3 is 1.47 bits per heavy atom. The minimum atomic E-state index is -4.68. The van der Waals surface area contributed by atoms with Crippen molar-refractivity contribution in [2.45, 2.75) is 78.8 Å². The third-order valence-corrected chi connectivity index (χ3v) is 4.64. The lowest BCUT2D eigenvalue weighted by atomic mass is 10.2. The molecule has 0 radical (unpaired) electrons. The van der Waals surface area contributed by atoms with Gasteiger partial charge in [-0.2, -0.15) is 0 Å². The van der Waals surface area contributed by atoms with Crippen LogP contribution in [0.4, 0.5) is 0 Å². The van der Waals surface area contributed by atoms with E-state index in [1.807, 2.05) is 0 Å². The topological polar surface area (TPSA) is 90.0 Å². The molecule has 2 heterocycles. The van der Waals surface area contributed by atoms with Crippen LogP contribution < -0.4 is 18.9 Å². The minimum absolute atomic E-state index is 0.00965. The van der Waals surface area contributed by atoms with Crippen molar-refractivity contribution in [3.63, 3.8) is 0 Å². The lowest BCUT2D eigenvalue weighted by Crippen LogP contribution is -2.23. The molecule has 0 atom stereocenters. The van der Waals surface area contributed by atoms with Crippen molar-refractivity contribution in [3.8, 4) is 0 Å². The van der Waals surface area contributed by atoms with E-state index < -0.39 is 7.82 Å². The smallest absolute Gasteiger partial charge is 0.243 e. The fourth-order valence-corrected chi connectivity index (χ4v) is 2.97. The fraction of sp³-hybridized carbons (Fsp3) is 0.714. The summed E-state index contributed by atoms with van der Waals surface area (Å²) in [5.41, 5.74) is 0. The number of phosphoric acid groups is 1. The van der Waals surface area contributed by atoms with E-state index in [4.69, 9.17) is 0 Å². The van der Waals surface area contributed by atoms with Crippen molar-refractivity contribution in [2.75, 3.05) is 6.61 Å². The zero-order valence-electron chi connectivity index (χ0n) is 19.4. The Morgan fingerprint density at radius 2 is 1.23 bits per heavy atom. The molecule has 30 heavy (non-hydrogen) atoms. The van der Waals surface area contributed by atoms with Gasteiger partial charge in [0.1, 0.15) is 24.8 Å². The normalized spacial score (nSPS) is 10.8. The van der Waals surface area contributed by atoms with Crippen LogP contribution >= 0.6 is 7.82 Å². The zero-order valence-corrected chi connectivity index (χ0v) is 20.3. The van der Waals surface area contributed by atoms with Gasteiger partial charge in [0.25, 0.3) is 0 Å². The number of hydrogen-bond donors (Lipinski definition) is 0. The van der Waals surface area contributed by atoms with Crippen LogP contribution in [0.5, 0.6) is 0 Å². The van der Waals surface area contributed by atoms with Gasteiger partial charge in [-0.1, -0.05) is 33.6 Å². The van der Waals surface area contributed by atoms with Gasteiger partial charge in [0.2, 0.25) is 12.7 Å². The molecule has 0 saturated carbocycles. The van der Waals surface area contributed by atoms with Crippen LogP contribution in [0.25, 0.3) is 0 Å². The summed E-state index contributed by atoms with van der Waals surface area (Å²) in [4.78, 5) is 19.3. The number of phosphoric ester groups is 1. The van der Waals surface area contributed by atoms with Crippen molar-refractivity contribution in [3.05, 3.63) is 37.4 Å². The molecule has 2 rings (SSSR count). The van der Waals surface area contributed by atoms with Crippen LogP contribution in [0.1, 0.15) is 65.7 Å². The highest BCUT2D eigenvalue weighted by Gasteiger charge is 1.98. The van der Waals surface area contributed by atoms with Gasteiger partial charge in [0.15, 0.2) is 0 Å². The average molecular weight is 445 g/mol. The highest BCUT2D eigenvalue weighted by molar-refractivity contribution is 7.43. The zero-order chi connectivity index (χ0) is 22.8. The summed E-state index contributed by atoms with van der Waals surface area (Å²) < 4.78 is 22.1. The molecular formula is C21H41N4O4P. The summed E-state index contributed by atoms with van der Waals surface area (Å²) in [5, 5.41) is 0. The predicted octanol–water partition coefficient (Wildman–Crippen LogP) is 2.25. The van der Waals surface area contributed by atoms with E-state index >= 15 is 0 Å². The van der Waals surface area contributed by atoms with E-state index in [0.717, 1.165) is 13.1 Å². The molecule has 8 nitrogen and oxygen atoms in total.